The lowest BCUT2D eigenvalue weighted by Gasteiger charge is -2.23. The Morgan fingerprint density at radius 3 is 2.85 bits per heavy atom. The molecule has 0 radical (unpaired) electrons. The Morgan fingerprint density at radius 1 is 1.55 bits per heavy atom. The standard InChI is InChI=1S/C14H19N3O3/c1-2-14(13(19)20)4-6-17(9-14)12(18)10-3-5-16-11(7-10)8-15/h3,5,7H,2,4,6,8-9,15H2,1H3,(H,19,20). The number of likely N-dealkylation sites (tertiary alicyclic amines) is 1. The van der Waals surface area contributed by atoms with Crippen LogP contribution < -0.4 is 5.73 Å². The van der Waals surface area contributed by atoms with Gasteiger partial charge in [-0.3, -0.25) is 14.6 Å². The number of hydrogen-bond acceptors (Lipinski definition) is 4. The van der Waals surface area contributed by atoms with Crippen molar-refractivity contribution in [3.63, 3.8) is 0 Å². The zero-order valence-corrected chi connectivity index (χ0v) is 11.5. The van der Waals surface area contributed by atoms with Crippen LogP contribution in [0.3, 0.4) is 0 Å². The number of rotatable bonds is 4. The minimum absolute atomic E-state index is 0.154. The van der Waals surface area contributed by atoms with E-state index in [4.69, 9.17) is 5.73 Å². The van der Waals surface area contributed by atoms with Crippen LogP contribution in [0.2, 0.25) is 0 Å². The summed E-state index contributed by atoms with van der Waals surface area (Å²) in [4.78, 5) is 29.5. The lowest BCUT2D eigenvalue weighted by Crippen LogP contribution is -2.36. The Labute approximate surface area is 117 Å². The molecule has 1 saturated heterocycles. The molecule has 0 saturated carbocycles. The fourth-order valence-electron chi connectivity index (χ4n) is 2.57. The first-order valence-corrected chi connectivity index (χ1v) is 6.70. The fraction of sp³-hybridized carbons (Fsp3) is 0.500. The van der Waals surface area contributed by atoms with Gasteiger partial charge in [-0.05, 0) is 25.0 Å². The third-order valence-corrected chi connectivity index (χ3v) is 4.04. The van der Waals surface area contributed by atoms with Crippen molar-refractivity contribution < 1.29 is 14.7 Å². The summed E-state index contributed by atoms with van der Waals surface area (Å²) >= 11 is 0. The van der Waals surface area contributed by atoms with E-state index in [1.54, 1.807) is 23.2 Å². The van der Waals surface area contributed by atoms with Gasteiger partial charge in [0.25, 0.3) is 5.91 Å². The summed E-state index contributed by atoms with van der Waals surface area (Å²) in [7, 11) is 0. The Balaban J connectivity index is 2.17. The lowest BCUT2D eigenvalue weighted by atomic mass is 9.84. The van der Waals surface area contributed by atoms with Crippen molar-refractivity contribution in [1.29, 1.82) is 0 Å². The summed E-state index contributed by atoms with van der Waals surface area (Å²) in [5.41, 5.74) is 5.87. The summed E-state index contributed by atoms with van der Waals surface area (Å²) in [6, 6.07) is 3.29. The van der Waals surface area contributed by atoms with E-state index in [1.165, 1.54) is 0 Å². The highest BCUT2D eigenvalue weighted by Crippen LogP contribution is 2.34. The minimum atomic E-state index is -0.826. The van der Waals surface area contributed by atoms with Crippen LogP contribution in [0.4, 0.5) is 0 Å². The fourth-order valence-corrected chi connectivity index (χ4v) is 2.57. The number of carbonyl (C=O) groups is 2. The van der Waals surface area contributed by atoms with Crippen LogP contribution in [0, 0.1) is 5.41 Å². The maximum Gasteiger partial charge on any atom is 0.311 e. The second-order valence-electron chi connectivity index (χ2n) is 5.16. The summed E-state index contributed by atoms with van der Waals surface area (Å²) in [6.45, 7) is 2.85. The first kappa shape index (κ1) is 14.5. The van der Waals surface area contributed by atoms with Gasteiger partial charge >= 0.3 is 5.97 Å². The number of carboxylic acids is 1. The molecule has 1 aliphatic rings. The highest BCUT2D eigenvalue weighted by atomic mass is 16.4. The summed E-state index contributed by atoms with van der Waals surface area (Å²) in [5, 5.41) is 9.35. The number of nitrogens with two attached hydrogens (primary N) is 1. The minimum Gasteiger partial charge on any atom is -0.481 e. The molecule has 1 amide bonds. The van der Waals surface area contributed by atoms with Crippen LogP contribution in [0.15, 0.2) is 18.3 Å². The van der Waals surface area contributed by atoms with Crippen molar-refractivity contribution in [3.8, 4) is 0 Å². The van der Waals surface area contributed by atoms with E-state index in [1.807, 2.05) is 6.92 Å². The molecule has 2 rings (SSSR count). The maximum absolute atomic E-state index is 12.4. The van der Waals surface area contributed by atoms with Gasteiger partial charge in [0, 0.05) is 31.4 Å². The Bertz CT molecular complexity index is 532. The van der Waals surface area contributed by atoms with E-state index < -0.39 is 11.4 Å². The molecule has 20 heavy (non-hydrogen) atoms. The molecule has 0 bridgehead atoms. The summed E-state index contributed by atoms with van der Waals surface area (Å²) in [5.74, 6) is -0.980. The second-order valence-corrected chi connectivity index (χ2v) is 5.16. The van der Waals surface area contributed by atoms with Crippen LogP contribution >= 0.6 is 0 Å². The molecular weight excluding hydrogens is 258 g/mol. The van der Waals surface area contributed by atoms with Gasteiger partial charge in [0.15, 0.2) is 0 Å². The predicted octanol–water partition coefficient (Wildman–Crippen LogP) is 0.867. The Hall–Kier alpha value is -1.95. The number of aromatic nitrogens is 1. The molecule has 0 aromatic carbocycles. The quantitative estimate of drug-likeness (QED) is 0.851. The van der Waals surface area contributed by atoms with Crippen LogP contribution in [0.25, 0.3) is 0 Å². The van der Waals surface area contributed by atoms with Gasteiger partial charge in [0.2, 0.25) is 0 Å². The average Bonchev–Trinajstić information content (AvgIpc) is 2.92. The number of carboxylic acid groups (broad SMARTS) is 1. The highest BCUT2D eigenvalue weighted by Gasteiger charge is 2.44. The van der Waals surface area contributed by atoms with Gasteiger partial charge in [-0.1, -0.05) is 6.92 Å². The summed E-state index contributed by atoms with van der Waals surface area (Å²) in [6.07, 6.45) is 2.58. The van der Waals surface area contributed by atoms with E-state index in [-0.39, 0.29) is 19.0 Å². The molecular formula is C14H19N3O3. The van der Waals surface area contributed by atoms with E-state index >= 15 is 0 Å². The van der Waals surface area contributed by atoms with Crippen molar-refractivity contribution in [2.75, 3.05) is 13.1 Å². The number of nitrogens with zero attached hydrogens (tertiary/aromatic N) is 2. The third kappa shape index (κ3) is 2.51. The zero-order chi connectivity index (χ0) is 14.8. The highest BCUT2D eigenvalue weighted by molar-refractivity contribution is 5.95. The molecule has 1 fully saturated rings. The molecule has 1 aromatic rings. The second kappa shape index (κ2) is 5.58. The normalized spacial score (nSPS) is 22.0. The summed E-state index contributed by atoms with van der Waals surface area (Å²) < 4.78 is 0. The lowest BCUT2D eigenvalue weighted by molar-refractivity contribution is -0.148. The molecule has 1 atom stereocenters. The third-order valence-electron chi connectivity index (χ3n) is 4.04. The van der Waals surface area contributed by atoms with E-state index in [2.05, 4.69) is 4.98 Å². The largest absolute Gasteiger partial charge is 0.481 e. The van der Waals surface area contributed by atoms with Crippen molar-refractivity contribution in [1.82, 2.24) is 9.88 Å². The first-order valence-electron chi connectivity index (χ1n) is 6.70. The van der Waals surface area contributed by atoms with Crippen molar-refractivity contribution in [3.05, 3.63) is 29.6 Å². The van der Waals surface area contributed by atoms with Crippen LogP contribution in [0.1, 0.15) is 35.8 Å². The predicted molar refractivity (Wildman–Crippen MR) is 73.0 cm³/mol. The number of amides is 1. The van der Waals surface area contributed by atoms with Crippen LogP contribution in [-0.2, 0) is 11.3 Å². The molecule has 108 valence electrons. The molecule has 2 heterocycles. The van der Waals surface area contributed by atoms with E-state index in [9.17, 15) is 14.7 Å². The van der Waals surface area contributed by atoms with Crippen LogP contribution in [-0.4, -0.2) is 40.0 Å². The van der Waals surface area contributed by atoms with Gasteiger partial charge in [-0.15, -0.1) is 0 Å². The van der Waals surface area contributed by atoms with Gasteiger partial charge in [-0.2, -0.15) is 0 Å². The average molecular weight is 277 g/mol. The smallest absolute Gasteiger partial charge is 0.311 e. The van der Waals surface area contributed by atoms with Crippen molar-refractivity contribution in [2.24, 2.45) is 11.1 Å². The first-order chi connectivity index (χ1) is 9.52. The molecule has 1 aromatic heterocycles. The molecule has 0 aliphatic carbocycles. The number of hydrogen-bond donors (Lipinski definition) is 2. The van der Waals surface area contributed by atoms with Crippen molar-refractivity contribution >= 4 is 11.9 Å². The zero-order valence-electron chi connectivity index (χ0n) is 11.5. The number of pyridine rings is 1. The molecule has 1 aliphatic heterocycles. The van der Waals surface area contributed by atoms with E-state index in [0.29, 0.717) is 30.6 Å². The monoisotopic (exact) mass is 277 g/mol. The maximum atomic E-state index is 12.4. The van der Waals surface area contributed by atoms with Gasteiger partial charge in [0.05, 0.1) is 11.1 Å². The van der Waals surface area contributed by atoms with Crippen molar-refractivity contribution in [2.45, 2.75) is 26.3 Å². The van der Waals surface area contributed by atoms with Gasteiger partial charge in [-0.25, -0.2) is 0 Å². The van der Waals surface area contributed by atoms with Gasteiger partial charge in [0.1, 0.15) is 0 Å². The van der Waals surface area contributed by atoms with E-state index in [0.717, 1.165) is 0 Å². The topological polar surface area (TPSA) is 96.5 Å². The Kier molecular flexibility index (Phi) is 4.04. The molecule has 0 spiro atoms. The number of carbonyl (C=O) groups excluding carboxylic acids is 1. The van der Waals surface area contributed by atoms with Gasteiger partial charge < -0.3 is 15.7 Å². The van der Waals surface area contributed by atoms with Crippen LogP contribution in [0.5, 0.6) is 0 Å². The molecule has 6 heteroatoms. The number of aliphatic carboxylic acids is 1. The Morgan fingerprint density at radius 2 is 2.30 bits per heavy atom. The molecule has 3 N–H and O–H groups in total. The molecule has 6 nitrogen and oxygen atoms in total. The molecule has 1 unspecified atom stereocenters. The SMILES string of the molecule is CCC1(C(=O)O)CCN(C(=O)c2ccnc(CN)c2)C1.